The van der Waals surface area contributed by atoms with Gasteiger partial charge in [-0.1, -0.05) is 0 Å². The molecule has 1 amide bonds. The summed E-state index contributed by atoms with van der Waals surface area (Å²) in [6.45, 7) is 5.41. The van der Waals surface area contributed by atoms with E-state index in [1.807, 2.05) is 19.2 Å². The van der Waals surface area contributed by atoms with Crippen molar-refractivity contribution in [3.05, 3.63) is 41.0 Å². The van der Waals surface area contributed by atoms with Gasteiger partial charge in [-0.25, -0.2) is 18.3 Å². The maximum Gasteiger partial charge on any atom is 0.274 e. The number of amides is 1. The molecule has 2 N–H and O–H groups in total. The highest BCUT2D eigenvalue weighted by atomic mass is 19.3. The number of anilines is 1. The van der Waals surface area contributed by atoms with Gasteiger partial charge in [-0.3, -0.25) is 9.48 Å². The number of likely N-dealkylation sites (tertiary alicyclic amines) is 1. The molecule has 2 saturated heterocycles. The molecule has 5 rings (SSSR count). The number of nitrogens with two attached hydrogens (primary N) is 1. The number of piperidine rings is 1. The van der Waals surface area contributed by atoms with Crippen LogP contribution < -0.4 is 10.6 Å². The number of fused-ring (bicyclic) bond motifs is 1. The van der Waals surface area contributed by atoms with Crippen LogP contribution in [0.3, 0.4) is 0 Å². The fraction of sp³-hybridized carbons (Fsp3) is 0.565. The van der Waals surface area contributed by atoms with Gasteiger partial charge in [0.1, 0.15) is 12.4 Å². The number of halogens is 2. The Labute approximate surface area is 196 Å². The van der Waals surface area contributed by atoms with Crippen LogP contribution in [0.15, 0.2) is 18.3 Å². The molecule has 0 bridgehead atoms. The maximum atomic E-state index is 13.4. The minimum Gasteiger partial charge on any atom is -0.355 e. The number of hydrogen-bond acceptors (Lipinski definition) is 6. The average molecular weight is 473 g/mol. The number of nitrogens with zero attached hydrogens (tertiary/aromatic N) is 7. The molecule has 2 aliphatic heterocycles. The summed E-state index contributed by atoms with van der Waals surface area (Å²) in [5.74, 6) is 0.664. The molecule has 11 heteroatoms. The van der Waals surface area contributed by atoms with E-state index in [9.17, 15) is 13.6 Å². The number of alkyl halides is 2. The quantitative estimate of drug-likeness (QED) is 0.613. The molecule has 0 spiro atoms. The second-order valence-corrected chi connectivity index (χ2v) is 9.37. The minimum atomic E-state index is -2.53. The van der Waals surface area contributed by atoms with Crippen LogP contribution in [0.1, 0.15) is 59.2 Å². The maximum absolute atomic E-state index is 13.4. The third kappa shape index (κ3) is 4.24. The van der Waals surface area contributed by atoms with Crippen molar-refractivity contribution >= 4 is 17.4 Å². The molecular formula is C23H30F2N8O. The highest BCUT2D eigenvalue weighted by molar-refractivity contribution is 5.92. The van der Waals surface area contributed by atoms with Gasteiger partial charge in [-0.15, -0.1) is 0 Å². The van der Waals surface area contributed by atoms with Crippen LogP contribution in [0, 0.1) is 13.8 Å². The second kappa shape index (κ2) is 8.94. The predicted molar refractivity (Wildman–Crippen MR) is 123 cm³/mol. The Hall–Kier alpha value is -3.08. The number of aromatic nitrogens is 5. The van der Waals surface area contributed by atoms with E-state index in [0.29, 0.717) is 12.2 Å². The summed E-state index contributed by atoms with van der Waals surface area (Å²) in [4.78, 5) is 22.2. The molecule has 182 valence electrons. The van der Waals surface area contributed by atoms with Crippen molar-refractivity contribution in [1.29, 1.82) is 0 Å². The van der Waals surface area contributed by atoms with Crippen molar-refractivity contribution in [1.82, 2.24) is 29.3 Å². The van der Waals surface area contributed by atoms with E-state index in [1.54, 1.807) is 22.4 Å². The summed E-state index contributed by atoms with van der Waals surface area (Å²) in [5.41, 5.74) is 9.34. The zero-order valence-electron chi connectivity index (χ0n) is 19.5. The first-order valence-electron chi connectivity index (χ1n) is 11.8. The van der Waals surface area contributed by atoms with Crippen LogP contribution in [0.2, 0.25) is 0 Å². The predicted octanol–water partition coefficient (Wildman–Crippen LogP) is 2.71. The van der Waals surface area contributed by atoms with Crippen LogP contribution in [0.5, 0.6) is 0 Å². The Balaban J connectivity index is 1.43. The highest BCUT2D eigenvalue weighted by Gasteiger charge is 2.32. The van der Waals surface area contributed by atoms with Gasteiger partial charge >= 0.3 is 0 Å². The van der Waals surface area contributed by atoms with Gasteiger partial charge in [0, 0.05) is 49.2 Å². The standard InChI is InChI=1S/C23H30F2N8O/c1-14-11-33-21(27-22(14)30-8-6-16(26)12-30)10-17(28-33)19-5-3-4-7-31(19)23(34)18-9-15(2)32(29-18)13-20(24)25/h9-11,16,19-20H,3-8,12-13,26H2,1-2H3/t16-,19-/m0/s1. The Kier molecular flexibility index (Phi) is 5.97. The summed E-state index contributed by atoms with van der Waals surface area (Å²) < 4.78 is 28.6. The first-order valence-corrected chi connectivity index (χ1v) is 11.8. The van der Waals surface area contributed by atoms with Crippen LogP contribution in [-0.4, -0.2) is 67.3 Å². The molecule has 2 fully saturated rings. The number of aryl methyl sites for hydroxylation is 2. The van der Waals surface area contributed by atoms with Crippen LogP contribution >= 0.6 is 0 Å². The van der Waals surface area contributed by atoms with Crippen LogP contribution in [0.4, 0.5) is 14.6 Å². The van der Waals surface area contributed by atoms with Gasteiger partial charge in [0.05, 0.1) is 11.7 Å². The minimum absolute atomic E-state index is 0.160. The third-order valence-electron chi connectivity index (χ3n) is 6.76. The van der Waals surface area contributed by atoms with Crippen molar-refractivity contribution in [3.8, 4) is 0 Å². The Bertz CT molecular complexity index is 1210. The van der Waals surface area contributed by atoms with Gasteiger partial charge in [0.15, 0.2) is 11.3 Å². The van der Waals surface area contributed by atoms with E-state index in [0.717, 1.165) is 61.5 Å². The highest BCUT2D eigenvalue weighted by Crippen LogP contribution is 2.32. The first kappa shape index (κ1) is 22.7. The fourth-order valence-electron chi connectivity index (χ4n) is 5.04. The lowest BCUT2D eigenvalue weighted by Gasteiger charge is -2.34. The van der Waals surface area contributed by atoms with Crippen molar-refractivity contribution in [2.45, 2.75) is 64.6 Å². The van der Waals surface area contributed by atoms with E-state index in [1.165, 1.54) is 4.68 Å². The lowest BCUT2D eigenvalue weighted by Crippen LogP contribution is -2.39. The molecule has 0 saturated carbocycles. The number of hydrogen-bond donors (Lipinski definition) is 1. The van der Waals surface area contributed by atoms with Crippen molar-refractivity contribution in [3.63, 3.8) is 0 Å². The Morgan fingerprint density at radius 2 is 2.00 bits per heavy atom. The average Bonchev–Trinajstić information content (AvgIpc) is 3.51. The molecule has 2 atom stereocenters. The second-order valence-electron chi connectivity index (χ2n) is 9.37. The van der Waals surface area contributed by atoms with E-state index in [4.69, 9.17) is 15.8 Å². The molecule has 0 radical (unpaired) electrons. The number of carbonyl (C=O) groups is 1. The van der Waals surface area contributed by atoms with Crippen molar-refractivity contribution in [2.24, 2.45) is 5.73 Å². The molecular weight excluding hydrogens is 442 g/mol. The van der Waals surface area contributed by atoms with E-state index < -0.39 is 13.0 Å². The Morgan fingerprint density at radius 1 is 1.18 bits per heavy atom. The van der Waals surface area contributed by atoms with Crippen LogP contribution in [0.25, 0.3) is 5.65 Å². The lowest BCUT2D eigenvalue weighted by molar-refractivity contribution is 0.0596. The molecule has 3 aromatic rings. The molecule has 0 aliphatic carbocycles. The number of rotatable bonds is 5. The van der Waals surface area contributed by atoms with Gasteiger partial charge in [0.25, 0.3) is 12.3 Å². The lowest BCUT2D eigenvalue weighted by atomic mass is 9.99. The molecule has 34 heavy (non-hydrogen) atoms. The van der Waals surface area contributed by atoms with Crippen molar-refractivity contribution < 1.29 is 13.6 Å². The normalized spacial score (nSPS) is 21.2. The van der Waals surface area contributed by atoms with E-state index in [-0.39, 0.29) is 23.7 Å². The zero-order chi connectivity index (χ0) is 24.0. The summed E-state index contributed by atoms with van der Waals surface area (Å²) in [6.07, 6.45) is 3.02. The summed E-state index contributed by atoms with van der Waals surface area (Å²) in [7, 11) is 0. The van der Waals surface area contributed by atoms with Gasteiger partial charge in [-0.2, -0.15) is 10.2 Å². The smallest absolute Gasteiger partial charge is 0.274 e. The van der Waals surface area contributed by atoms with Gasteiger partial charge in [-0.05, 0) is 45.6 Å². The van der Waals surface area contributed by atoms with Crippen molar-refractivity contribution in [2.75, 3.05) is 24.5 Å². The first-order chi connectivity index (χ1) is 16.3. The molecule has 5 heterocycles. The van der Waals surface area contributed by atoms with Gasteiger partial charge in [0.2, 0.25) is 0 Å². The number of carbonyl (C=O) groups excluding carboxylic acids is 1. The SMILES string of the molecule is Cc1cn2nc([C@@H]3CCCCN3C(=O)c3cc(C)n(CC(F)F)n3)cc2nc1N1CC[C@H](N)C1. The van der Waals surface area contributed by atoms with E-state index in [2.05, 4.69) is 10.00 Å². The fourth-order valence-corrected chi connectivity index (χ4v) is 5.04. The third-order valence-corrected chi connectivity index (χ3v) is 6.76. The topological polar surface area (TPSA) is 97.6 Å². The molecule has 3 aromatic heterocycles. The molecule has 9 nitrogen and oxygen atoms in total. The zero-order valence-corrected chi connectivity index (χ0v) is 19.5. The van der Waals surface area contributed by atoms with Gasteiger partial charge < -0.3 is 15.5 Å². The molecule has 0 aromatic carbocycles. The van der Waals surface area contributed by atoms with Crippen LogP contribution in [-0.2, 0) is 6.54 Å². The monoisotopic (exact) mass is 472 g/mol. The molecule has 0 unspecified atom stereocenters. The summed E-state index contributed by atoms with van der Waals surface area (Å²) in [5, 5.41) is 8.92. The Morgan fingerprint density at radius 3 is 2.74 bits per heavy atom. The van der Waals surface area contributed by atoms with E-state index >= 15 is 0 Å². The summed E-state index contributed by atoms with van der Waals surface area (Å²) >= 11 is 0. The largest absolute Gasteiger partial charge is 0.355 e. The molecule has 2 aliphatic rings. The summed E-state index contributed by atoms with van der Waals surface area (Å²) in [6, 6.07) is 3.47.